The lowest BCUT2D eigenvalue weighted by Crippen LogP contribution is -2.15. The lowest BCUT2D eigenvalue weighted by Gasteiger charge is -2.10. The number of hydrogen-bond acceptors (Lipinski definition) is 3. The van der Waals surface area contributed by atoms with Gasteiger partial charge < -0.3 is 5.32 Å². The van der Waals surface area contributed by atoms with Gasteiger partial charge in [0.05, 0.1) is 4.90 Å². The molecule has 2 rings (SSSR count). The quantitative estimate of drug-likeness (QED) is 0.840. The second kappa shape index (κ2) is 8.36. The van der Waals surface area contributed by atoms with Gasteiger partial charge in [0.25, 0.3) is 10.0 Å². The molecule has 0 unspecified atom stereocenters. The van der Waals surface area contributed by atoms with Crippen molar-refractivity contribution in [2.24, 2.45) is 0 Å². The van der Waals surface area contributed by atoms with Crippen molar-refractivity contribution in [1.29, 1.82) is 0 Å². The van der Waals surface area contributed by atoms with Crippen molar-refractivity contribution in [3.8, 4) is 0 Å². The molecule has 1 heterocycles. The summed E-state index contributed by atoms with van der Waals surface area (Å²) >= 11 is 0. The maximum Gasteiger partial charge on any atom is 0.267 e. The Morgan fingerprint density at radius 3 is 2.45 bits per heavy atom. The number of nitrogens with one attached hydrogen (secondary N) is 1. The van der Waals surface area contributed by atoms with E-state index >= 15 is 0 Å². The second-order valence-corrected chi connectivity index (χ2v) is 6.90. The van der Waals surface area contributed by atoms with E-state index in [-0.39, 0.29) is 12.4 Å². The summed E-state index contributed by atoms with van der Waals surface area (Å²) in [7, 11) is -1.65. The van der Waals surface area contributed by atoms with Gasteiger partial charge in [0.1, 0.15) is 0 Å². The molecule has 0 radical (unpaired) electrons. The lowest BCUT2D eigenvalue weighted by molar-refractivity contribution is 0.584. The highest BCUT2D eigenvalue weighted by atomic mass is 35.5. The Bertz CT molecular complexity index is 681. The van der Waals surface area contributed by atoms with Gasteiger partial charge >= 0.3 is 0 Å². The van der Waals surface area contributed by atoms with Crippen LogP contribution in [-0.2, 0) is 23.0 Å². The average Bonchev–Trinajstić information content (AvgIpc) is 2.90. The number of aryl methyl sites for hydroxylation is 1. The van der Waals surface area contributed by atoms with Crippen LogP contribution in [-0.4, -0.2) is 19.4 Å². The Hall–Kier alpha value is -1.30. The molecule has 0 fully saturated rings. The molecule has 0 aliphatic carbocycles. The van der Waals surface area contributed by atoms with Crippen molar-refractivity contribution >= 4 is 22.4 Å². The largest absolute Gasteiger partial charge is 0.316 e. The fraction of sp³-hybridized carbons (Fsp3) is 0.375. The van der Waals surface area contributed by atoms with Crippen LogP contribution in [0.3, 0.4) is 0 Å². The van der Waals surface area contributed by atoms with Crippen LogP contribution in [0.4, 0.5) is 0 Å². The van der Waals surface area contributed by atoms with E-state index in [9.17, 15) is 8.42 Å². The predicted molar refractivity (Wildman–Crippen MR) is 92.1 cm³/mol. The highest BCUT2D eigenvalue weighted by Crippen LogP contribution is 2.20. The number of aromatic nitrogens is 1. The minimum absolute atomic E-state index is 0. The first-order valence-electron chi connectivity index (χ1n) is 7.25. The summed E-state index contributed by atoms with van der Waals surface area (Å²) in [5.74, 6) is 0. The zero-order chi connectivity index (χ0) is 15.3. The molecule has 0 spiro atoms. The van der Waals surface area contributed by atoms with Gasteiger partial charge in [-0.2, -0.15) is 0 Å². The zero-order valence-electron chi connectivity index (χ0n) is 13.0. The molecule has 1 aromatic carbocycles. The van der Waals surface area contributed by atoms with Crippen molar-refractivity contribution in [3.05, 3.63) is 53.9 Å². The third-order valence-electron chi connectivity index (χ3n) is 3.39. The molecule has 0 aliphatic heterocycles. The van der Waals surface area contributed by atoms with Crippen molar-refractivity contribution in [2.75, 3.05) is 7.05 Å². The summed E-state index contributed by atoms with van der Waals surface area (Å²) in [5.41, 5.74) is 1.84. The highest BCUT2D eigenvalue weighted by molar-refractivity contribution is 7.90. The molecule has 0 amide bonds. The summed E-state index contributed by atoms with van der Waals surface area (Å²) in [5, 5.41) is 3.06. The van der Waals surface area contributed by atoms with Crippen LogP contribution in [0.1, 0.15) is 31.0 Å². The van der Waals surface area contributed by atoms with Crippen LogP contribution >= 0.6 is 12.4 Å². The highest BCUT2D eigenvalue weighted by Gasteiger charge is 2.20. The second-order valence-electron chi connectivity index (χ2n) is 5.09. The summed E-state index contributed by atoms with van der Waals surface area (Å²) < 4.78 is 27.0. The molecule has 0 atom stereocenters. The Balaban J connectivity index is 0.00000242. The van der Waals surface area contributed by atoms with Crippen molar-refractivity contribution in [2.45, 2.75) is 37.6 Å². The molecule has 0 saturated carbocycles. The van der Waals surface area contributed by atoms with E-state index in [1.54, 1.807) is 30.5 Å². The van der Waals surface area contributed by atoms with Gasteiger partial charge in [-0.1, -0.05) is 31.5 Å². The van der Waals surface area contributed by atoms with E-state index in [2.05, 4.69) is 12.2 Å². The number of benzene rings is 1. The lowest BCUT2D eigenvalue weighted by atomic mass is 10.2. The Morgan fingerprint density at radius 1 is 1.18 bits per heavy atom. The molecule has 1 aromatic heterocycles. The number of nitrogens with zero attached hydrogens (tertiary/aromatic N) is 1. The van der Waals surface area contributed by atoms with Crippen LogP contribution in [0, 0.1) is 0 Å². The fourth-order valence-electron chi connectivity index (χ4n) is 2.32. The molecule has 2 aromatic rings. The molecule has 0 aliphatic rings. The summed E-state index contributed by atoms with van der Waals surface area (Å²) in [6, 6.07) is 10.6. The first-order chi connectivity index (χ1) is 10.1. The Morgan fingerprint density at radius 2 is 1.86 bits per heavy atom. The first-order valence-corrected chi connectivity index (χ1v) is 8.69. The van der Waals surface area contributed by atoms with Gasteiger partial charge in [-0.25, -0.2) is 12.4 Å². The van der Waals surface area contributed by atoms with Crippen LogP contribution in [0.5, 0.6) is 0 Å². The standard InChI is InChI=1S/C16H22N2O2S.ClH/c1-3-4-8-15-11-14(12-17-2)13-18(15)21(19,20)16-9-6-5-7-10-16;/h5-7,9-11,13,17H,3-4,8,12H2,1-2H3;1H. The maximum atomic E-state index is 12.8. The summed E-state index contributed by atoms with van der Waals surface area (Å²) in [6.07, 6.45) is 4.52. The molecule has 4 nitrogen and oxygen atoms in total. The van der Waals surface area contributed by atoms with Gasteiger partial charge in [0.2, 0.25) is 0 Å². The molecule has 0 bridgehead atoms. The Kier molecular flexibility index (Phi) is 7.13. The van der Waals surface area contributed by atoms with Gasteiger partial charge in [0, 0.05) is 18.4 Å². The summed E-state index contributed by atoms with van der Waals surface area (Å²) in [4.78, 5) is 0.328. The number of rotatable bonds is 7. The normalized spacial score (nSPS) is 11.2. The van der Waals surface area contributed by atoms with Crippen LogP contribution in [0.15, 0.2) is 47.5 Å². The number of unbranched alkanes of at least 4 members (excludes halogenated alkanes) is 1. The van der Waals surface area contributed by atoms with E-state index in [0.29, 0.717) is 11.4 Å². The zero-order valence-corrected chi connectivity index (χ0v) is 14.6. The monoisotopic (exact) mass is 342 g/mol. The van der Waals surface area contributed by atoms with Crippen LogP contribution in [0.25, 0.3) is 0 Å². The average molecular weight is 343 g/mol. The third-order valence-corrected chi connectivity index (χ3v) is 5.11. The molecule has 22 heavy (non-hydrogen) atoms. The Labute approximate surface area is 139 Å². The van der Waals surface area contributed by atoms with E-state index in [0.717, 1.165) is 30.5 Å². The smallest absolute Gasteiger partial charge is 0.267 e. The molecule has 122 valence electrons. The molecular weight excluding hydrogens is 320 g/mol. The molecule has 6 heteroatoms. The van der Waals surface area contributed by atoms with Gasteiger partial charge in [-0.15, -0.1) is 12.4 Å². The van der Waals surface area contributed by atoms with Crippen molar-refractivity contribution in [3.63, 3.8) is 0 Å². The summed E-state index contributed by atoms with van der Waals surface area (Å²) in [6.45, 7) is 2.77. The van der Waals surface area contributed by atoms with Crippen molar-refractivity contribution in [1.82, 2.24) is 9.29 Å². The van der Waals surface area contributed by atoms with Gasteiger partial charge in [0.15, 0.2) is 0 Å². The van der Waals surface area contributed by atoms with Gasteiger partial charge in [-0.05, 0) is 43.7 Å². The first kappa shape index (κ1) is 18.7. The minimum atomic E-state index is -3.51. The van der Waals surface area contributed by atoms with Crippen LogP contribution < -0.4 is 5.32 Å². The molecule has 0 saturated heterocycles. The topological polar surface area (TPSA) is 51.1 Å². The van der Waals surface area contributed by atoms with Gasteiger partial charge in [-0.3, -0.25) is 0 Å². The number of halogens is 1. The van der Waals surface area contributed by atoms with Crippen LogP contribution in [0.2, 0.25) is 0 Å². The van der Waals surface area contributed by atoms with Crippen molar-refractivity contribution < 1.29 is 8.42 Å². The van der Waals surface area contributed by atoms with E-state index < -0.39 is 10.0 Å². The molecular formula is C16H23ClN2O2S. The maximum absolute atomic E-state index is 12.8. The predicted octanol–water partition coefficient (Wildman–Crippen LogP) is 3.21. The van der Waals surface area contributed by atoms with E-state index in [1.807, 2.05) is 19.2 Å². The third kappa shape index (κ3) is 4.12. The van der Waals surface area contributed by atoms with E-state index in [4.69, 9.17) is 0 Å². The SMILES string of the molecule is CCCCc1cc(CNC)cn1S(=O)(=O)c1ccccc1.Cl. The van der Waals surface area contributed by atoms with E-state index in [1.165, 1.54) is 3.97 Å². The number of hydrogen-bond donors (Lipinski definition) is 1. The fourth-order valence-corrected chi connectivity index (χ4v) is 3.77. The molecule has 1 N–H and O–H groups in total. The minimum Gasteiger partial charge on any atom is -0.316 e.